The van der Waals surface area contributed by atoms with E-state index in [4.69, 9.17) is 10.2 Å². The zero-order chi connectivity index (χ0) is 15.0. The van der Waals surface area contributed by atoms with Crippen molar-refractivity contribution in [3.8, 4) is 11.3 Å². The first-order valence-electron chi connectivity index (χ1n) is 6.63. The van der Waals surface area contributed by atoms with Gasteiger partial charge in [0.05, 0.1) is 12.6 Å². The molecule has 0 radical (unpaired) electrons. The second kappa shape index (κ2) is 4.73. The van der Waals surface area contributed by atoms with Gasteiger partial charge in [-0.3, -0.25) is 9.69 Å². The molecular weight excluding hydrogens is 268 g/mol. The molecule has 6 nitrogen and oxygen atoms in total. The predicted molar refractivity (Wildman–Crippen MR) is 78.3 cm³/mol. The molecule has 1 aliphatic heterocycles. The fourth-order valence-electron chi connectivity index (χ4n) is 2.29. The van der Waals surface area contributed by atoms with Crippen LogP contribution in [0.4, 0.5) is 0 Å². The third-order valence-electron chi connectivity index (χ3n) is 3.60. The molecule has 2 heterocycles. The average molecular weight is 284 g/mol. The summed E-state index contributed by atoms with van der Waals surface area (Å²) in [5.74, 6) is 1.11. The Bertz CT molecular complexity index is 707. The van der Waals surface area contributed by atoms with Gasteiger partial charge in [-0.05, 0) is 6.92 Å². The van der Waals surface area contributed by atoms with E-state index in [2.05, 4.69) is 9.98 Å². The molecule has 3 rings (SSSR count). The Balaban J connectivity index is 1.98. The quantitative estimate of drug-likeness (QED) is 0.910. The zero-order valence-corrected chi connectivity index (χ0v) is 11.9. The second-order valence-corrected chi connectivity index (χ2v) is 5.27. The summed E-state index contributed by atoms with van der Waals surface area (Å²) in [4.78, 5) is 21.9. The number of carbonyl (C=O) groups excluding carboxylic acids is 1. The monoisotopic (exact) mass is 284 g/mol. The van der Waals surface area contributed by atoms with Gasteiger partial charge in [-0.2, -0.15) is 0 Å². The van der Waals surface area contributed by atoms with Gasteiger partial charge in [-0.1, -0.05) is 30.3 Å². The number of oxazole rings is 1. The van der Waals surface area contributed by atoms with Crippen LogP contribution in [0.15, 0.2) is 45.9 Å². The van der Waals surface area contributed by atoms with Gasteiger partial charge in [0, 0.05) is 12.6 Å². The summed E-state index contributed by atoms with van der Waals surface area (Å²) in [5, 5.41) is 0. The molecule has 6 heteroatoms. The van der Waals surface area contributed by atoms with Gasteiger partial charge in [-0.25, -0.2) is 9.98 Å². The van der Waals surface area contributed by atoms with Crippen LogP contribution in [0.5, 0.6) is 0 Å². The number of guanidine groups is 1. The Hall–Kier alpha value is -2.63. The summed E-state index contributed by atoms with van der Waals surface area (Å²) in [7, 11) is 1.60. The van der Waals surface area contributed by atoms with E-state index in [-0.39, 0.29) is 18.3 Å². The molecule has 0 fully saturated rings. The van der Waals surface area contributed by atoms with Crippen LogP contribution in [0, 0.1) is 0 Å². The lowest BCUT2D eigenvalue weighted by Crippen LogP contribution is -2.47. The summed E-state index contributed by atoms with van der Waals surface area (Å²) in [6.45, 7) is 1.80. The maximum Gasteiger partial charge on any atom is 0.231 e. The number of aromatic nitrogens is 1. The van der Waals surface area contributed by atoms with Crippen LogP contribution in [-0.4, -0.2) is 28.8 Å². The van der Waals surface area contributed by atoms with Gasteiger partial charge in [0.25, 0.3) is 0 Å². The van der Waals surface area contributed by atoms with E-state index in [1.807, 2.05) is 30.3 Å². The minimum Gasteiger partial charge on any atom is -0.438 e. The third kappa shape index (κ3) is 2.29. The fourth-order valence-corrected chi connectivity index (χ4v) is 2.29. The van der Waals surface area contributed by atoms with E-state index in [0.29, 0.717) is 11.7 Å². The van der Waals surface area contributed by atoms with Crippen LogP contribution in [0.1, 0.15) is 19.2 Å². The molecule has 1 atom stereocenters. The summed E-state index contributed by atoms with van der Waals surface area (Å²) < 4.78 is 5.80. The number of carbonyl (C=O) groups is 1. The highest BCUT2D eigenvalue weighted by molar-refractivity contribution is 5.98. The summed E-state index contributed by atoms with van der Waals surface area (Å²) >= 11 is 0. The highest BCUT2D eigenvalue weighted by Crippen LogP contribution is 2.34. The van der Waals surface area contributed by atoms with Gasteiger partial charge in [0.15, 0.2) is 11.7 Å². The Morgan fingerprint density at radius 3 is 2.71 bits per heavy atom. The molecule has 1 aromatic heterocycles. The first-order valence-corrected chi connectivity index (χ1v) is 6.63. The van der Waals surface area contributed by atoms with Crippen molar-refractivity contribution < 1.29 is 9.21 Å². The van der Waals surface area contributed by atoms with Crippen molar-refractivity contribution in [3.63, 3.8) is 0 Å². The van der Waals surface area contributed by atoms with Crippen molar-refractivity contribution in [3.05, 3.63) is 42.4 Å². The maximum absolute atomic E-state index is 12.0. The number of rotatable bonds is 2. The number of nitrogens with two attached hydrogens (primary N) is 1. The smallest absolute Gasteiger partial charge is 0.231 e. The van der Waals surface area contributed by atoms with E-state index in [1.54, 1.807) is 20.2 Å². The van der Waals surface area contributed by atoms with E-state index in [1.165, 1.54) is 4.90 Å². The highest BCUT2D eigenvalue weighted by atomic mass is 16.4. The topological polar surface area (TPSA) is 84.7 Å². The van der Waals surface area contributed by atoms with Crippen LogP contribution in [0.25, 0.3) is 11.3 Å². The van der Waals surface area contributed by atoms with Crippen LogP contribution in [0.3, 0.4) is 0 Å². The SMILES string of the molecule is CN1C(=O)C[C@@](C)(c2ncc(-c3ccccc3)o2)N=C1N. The van der Waals surface area contributed by atoms with E-state index >= 15 is 0 Å². The summed E-state index contributed by atoms with van der Waals surface area (Å²) in [6.07, 6.45) is 1.82. The number of hydrogen-bond donors (Lipinski definition) is 1. The fraction of sp³-hybridized carbons (Fsp3) is 0.267. The first-order chi connectivity index (χ1) is 9.99. The molecule has 0 spiro atoms. The lowest BCUT2D eigenvalue weighted by molar-refractivity contribution is -0.128. The van der Waals surface area contributed by atoms with Crippen LogP contribution in [-0.2, 0) is 10.3 Å². The molecular formula is C15H16N4O2. The number of aliphatic imine (C=N–C) groups is 1. The standard InChI is InChI=1S/C15H16N4O2/c1-15(8-12(20)19(2)14(16)18-15)13-17-9-11(21-13)10-6-4-3-5-7-10/h3-7,9H,8H2,1-2H3,(H2,16,18)/t15-/m0/s1. The van der Waals surface area contributed by atoms with Gasteiger partial charge < -0.3 is 10.2 Å². The van der Waals surface area contributed by atoms with Crippen molar-refractivity contribution in [2.45, 2.75) is 18.9 Å². The van der Waals surface area contributed by atoms with E-state index in [9.17, 15) is 4.79 Å². The summed E-state index contributed by atoms with van der Waals surface area (Å²) in [5.41, 5.74) is 5.85. The summed E-state index contributed by atoms with van der Waals surface area (Å²) in [6, 6.07) is 9.65. The van der Waals surface area contributed by atoms with Crippen molar-refractivity contribution >= 4 is 11.9 Å². The van der Waals surface area contributed by atoms with Crippen LogP contribution in [0.2, 0.25) is 0 Å². The van der Waals surface area contributed by atoms with E-state index < -0.39 is 5.54 Å². The van der Waals surface area contributed by atoms with Gasteiger partial charge >= 0.3 is 0 Å². The van der Waals surface area contributed by atoms with Crippen molar-refractivity contribution in [1.29, 1.82) is 0 Å². The lowest BCUT2D eigenvalue weighted by Gasteiger charge is -2.30. The lowest BCUT2D eigenvalue weighted by atomic mass is 9.96. The average Bonchev–Trinajstić information content (AvgIpc) is 2.96. The molecule has 108 valence electrons. The van der Waals surface area contributed by atoms with Crippen molar-refractivity contribution in [1.82, 2.24) is 9.88 Å². The number of nitrogens with zero attached hydrogens (tertiary/aromatic N) is 3. The molecule has 1 aromatic carbocycles. The van der Waals surface area contributed by atoms with Crippen molar-refractivity contribution in [2.24, 2.45) is 10.7 Å². The number of benzene rings is 1. The number of hydrogen-bond acceptors (Lipinski definition) is 5. The van der Waals surface area contributed by atoms with Crippen molar-refractivity contribution in [2.75, 3.05) is 7.05 Å². The molecule has 1 amide bonds. The van der Waals surface area contributed by atoms with Crippen LogP contribution < -0.4 is 5.73 Å². The molecule has 21 heavy (non-hydrogen) atoms. The minimum absolute atomic E-state index is 0.107. The second-order valence-electron chi connectivity index (χ2n) is 5.27. The van der Waals surface area contributed by atoms with Gasteiger partial charge in [0.2, 0.25) is 11.8 Å². The molecule has 2 aromatic rings. The predicted octanol–water partition coefficient (Wildman–Crippen LogP) is 1.73. The first kappa shape index (κ1) is 13.4. The van der Waals surface area contributed by atoms with E-state index in [0.717, 1.165) is 5.56 Å². The molecule has 0 bridgehead atoms. The largest absolute Gasteiger partial charge is 0.438 e. The molecule has 0 saturated heterocycles. The Labute approximate surface area is 122 Å². The highest BCUT2D eigenvalue weighted by Gasteiger charge is 2.40. The molecule has 0 aliphatic carbocycles. The maximum atomic E-state index is 12.0. The normalized spacial score (nSPS) is 22.3. The molecule has 0 saturated carbocycles. The Kier molecular flexibility index (Phi) is 3.01. The third-order valence-corrected chi connectivity index (χ3v) is 3.60. The Morgan fingerprint density at radius 2 is 2.05 bits per heavy atom. The van der Waals surface area contributed by atoms with Gasteiger partial charge in [-0.15, -0.1) is 0 Å². The molecule has 2 N–H and O–H groups in total. The molecule has 0 unspecified atom stereocenters. The minimum atomic E-state index is -0.860. The zero-order valence-electron chi connectivity index (χ0n) is 11.9. The van der Waals surface area contributed by atoms with Gasteiger partial charge in [0.1, 0.15) is 5.54 Å². The number of amides is 1. The molecule has 1 aliphatic rings. The Morgan fingerprint density at radius 1 is 1.33 bits per heavy atom. The van der Waals surface area contributed by atoms with Crippen LogP contribution >= 0.6 is 0 Å².